The summed E-state index contributed by atoms with van der Waals surface area (Å²) >= 11 is 0. The van der Waals surface area contributed by atoms with Crippen molar-refractivity contribution in [3.8, 4) is 5.82 Å². The van der Waals surface area contributed by atoms with Crippen molar-refractivity contribution in [1.29, 1.82) is 0 Å². The minimum atomic E-state index is -0.261. The van der Waals surface area contributed by atoms with E-state index in [1.54, 1.807) is 19.6 Å². The highest BCUT2D eigenvalue weighted by atomic mass is 16.2. The zero-order valence-corrected chi connectivity index (χ0v) is 14.3. The summed E-state index contributed by atoms with van der Waals surface area (Å²) in [5.41, 5.74) is 2.28. The number of imidazole rings is 1. The third kappa shape index (κ3) is 3.79. The van der Waals surface area contributed by atoms with E-state index in [0.29, 0.717) is 18.9 Å². The van der Waals surface area contributed by atoms with E-state index in [4.69, 9.17) is 0 Å². The van der Waals surface area contributed by atoms with Crippen molar-refractivity contribution in [2.24, 2.45) is 7.05 Å². The van der Waals surface area contributed by atoms with Crippen LogP contribution in [-0.4, -0.2) is 53.5 Å². The molecule has 0 saturated carbocycles. The summed E-state index contributed by atoms with van der Waals surface area (Å²) in [5, 5.41) is 13.4. The summed E-state index contributed by atoms with van der Waals surface area (Å²) < 4.78 is 3.38. The number of nitrogens with zero attached hydrogens (tertiary/aromatic N) is 7. The van der Waals surface area contributed by atoms with Crippen LogP contribution in [0.1, 0.15) is 21.9 Å². The molecule has 0 aliphatic rings. The molecule has 3 heterocycles. The maximum atomic E-state index is 11.9. The number of carbonyl (C=O) groups excluding carboxylic acids is 1. The Morgan fingerprint density at radius 1 is 1.20 bits per heavy atom. The first kappa shape index (κ1) is 16.6. The first-order chi connectivity index (χ1) is 12.0. The fourth-order valence-corrected chi connectivity index (χ4v) is 2.21. The maximum absolute atomic E-state index is 11.9. The topological polar surface area (TPSA) is 115 Å². The maximum Gasteiger partial charge on any atom is 0.273 e. The second-order valence-corrected chi connectivity index (χ2v) is 5.51. The van der Waals surface area contributed by atoms with Gasteiger partial charge in [-0.15, -0.1) is 5.10 Å². The molecule has 0 fully saturated rings. The fraction of sp³-hybridized carbons (Fsp3) is 0.333. The lowest BCUT2D eigenvalue weighted by Gasteiger charge is -2.09. The van der Waals surface area contributed by atoms with Gasteiger partial charge in [-0.05, 0) is 13.8 Å². The number of anilines is 1. The molecule has 3 aromatic rings. The van der Waals surface area contributed by atoms with E-state index in [1.165, 1.54) is 11.0 Å². The molecule has 10 heteroatoms. The molecular formula is C15H19N9O. The molecule has 130 valence electrons. The quantitative estimate of drug-likeness (QED) is 0.617. The number of amides is 1. The minimum Gasteiger partial charge on any atom is -0.368 e. The molecule has 0 aliphatic carbocycles. The average Bonchev–Trinajstić information content (AvgIpc) is 3.18. The number of hydrogen-bond donors (Lipinski definition) is 2. The van der Waals surface area contributed by atoms with E-state index < -0.39 is 0 Å². The summed E-state index contributed by atoms with van der Waals surface area (Å²) in [6.45, 7) is 4.88. The first-order valence-electron chi connectivity index (χ1n) is 7.76. The summed E-state index contributed by atoms with van der Waals surface area (Å²) in [6.07, 6.45) is 4.79. The Labute approximate surface area is 144 Å². The van der Waals surface area contributed by atoms with Crippen molar-refractivity contribution in [3.05, 3.63) is 42.0 Å². The van der Waals surface area contributed by atoms with Gasteiger partial charge >= 0.3 is 0 Å². The van der Waals surface area contributed by atoms with Gasteiger partial charge in [0.1, 0.15) is 24.3 Å². The van der Waals surface area contributed by atoms with Crippen molar-refractivity contribution in [3.63, 3.8) is 0 Å². The molecule has 0 saturated heterocycles. The van der Waals surface area contributed by atoms with E-state index in [0.717, 1.165) is 17.2 Å². The molecule has 0 aliphatic heterocycles. The summed E-state index contributed by atoms with van der Waals surface area (Å²) in [4.78, 5) is 24.6. The van der Waals surface area contributed by atoms with E-state index in [2.05, 4.69) is 35.9 Å². The molecule has 0 radical (unpaired) electrons. The van der Waals surface area contributed by atoms with Gasteiger partial charge in [0, 0.05) is 31.9 Å². The predicted molar refractivity (Wildman–Crippen MR) is 90.5 cm³/mol. The van der Waals surface area contributed by atoms with Gasteiger partial charge in [-0.25, -0.2) is 15.0 Å². The highest BCUT2D eigenvalue weighted by Gasteiger charge is 2.09. The molecule has 3 rings (SSSR count). The van der Waals surface area contributed by atoms with Gasteiger partial charge in [0.2, 0.25) is 0 Å². The lowest BCUT2D eigenvalue weighted by molar-refractivity contribution is 0.0950. The normalized spacial score (nSPS) is 10.7. The van der Waals surface area contributed by atoms with E-state index in [9.17, 15) is 4.79 Å². The van der Waals surface area contributed by atoms with Crippen molar-refractivity contribution in [2.75, 3.05) is 18.4 Å². The molecule has 0 aromatic carbocycles. The van der Waals surface area contributed by atoms with Crippen LogP contribution in [0.4, 0.5) is 5.82 Å². The van der Waals surface area contributed by atoms with Gasteiger partial charge < -0.3 is 10.6 Å². The molecule has 0 bridgehead atoms. The van der Waals surface area contributed by atoms with Gasteiger partial charge in [-0.1, -0.05) is 5.21 Å². The van der Waals surface area contributed by atoms with Crippen LogP contribution in [-0.2, 0) is 7.05 Å². The van der Waals surface area contributed by atoms with Crippen LogP contribution in [0, 0.1) is 13.8 Å². The molecule has 2 N–H and O–H groups in total. The molecule has 1 amide bonds. The monoisotopic (exact) mass is 341 g/mol. The lowest BCUT2D eigenvalue weighted by Crippen LogP contribution is -2.29. The van der Waals surface area contributed by atoms with Gasteiger partial charge in [-0.2, -0.15) is 0 Å². The lowest BCUT2D eigenvalue weighted by atomic mass is 10.4. The molecule has 0 unspecified atom stereocenters. The third-order valence-corrected chi connectivity index (χ3v) is 3.70. The van der Waals surface area contributed by atoms with Crippen molar-refractivity contribution < 1.29 is 4.79 Å². The summed E-state index contributed by atoms with van der Waals surface area (Å²) in [7, 11) is 1.71. The van der Waals surface area contributed by atoms with E-state index in [-0.39, 0.29) is 11.6 Å². The Morgan fingerprint density at radius 2 is 2.04 bits per heavy atom. The Hall–Kier alpha value is -3.30. The smallest absolute Gasteiger partial charge is 0.273 e. The van der Waals surface area contributed by atoms with Crippen LogP contribution < -0.4 is 10.6 Å². The minimum absolute atomic E-state index is 0.261. The van der Waals surface area contributed by atoms with Crippen LogP contribution >= 0.6 is 0 Å². The number of hydrogen-bond acceptors (Lipinski definition) is 7. The van der Waals surface area contributed by atoms with Crippen LogP contribution in [0.15, 0.2) is 24.9 Å². The SMILES string of the molecule is Cc1ncn(-c2cc(NCCNC(=O)c3cn(C)nn3)ncn2)c1C. The molecule has 25 heavy (non-hydrogen) atoms. The van der Waals surface area contributed by atoms with Gasteiger partial charge in [0.15, 0.2) is 5.69 Å². The largest absolute Gasteiger partial charge is 0.368 e. The summed E-state index contributed by atoms with van der Waals surface area (Å²) in [6, 6.07) is 1.83. The zero-order valence-electron chi connectivity index (χ0n) is 14.3. The van der Waals surface area contributed by atoms with Crippen molar-refractivity contribution >= 4 is 11.7 Å². The number of rotatable bonds is 6. The number of aromatic nitrogens is 7. The summed E-state index contributed by atoms with van der Waals surface area (Å²) in [5.74, 6) is 1.14. The second kappa shape index (κ2) is 7.07. The molecule has 0 spiro atoms. The van der Waals surface area contributed by atoms with Crippen LogP contribution in [0.5, 0.6) is 0 Å². The van der Waals surface area contributed by atoms with E-state index >= 15 is 0 Å². The molecule has 0 atom stereocenters. The highest BCUT2D eigenvalue weighted by Crippen LogP contribution is 2.13. The van der Waals surface area contributed by atoms with Crippen LogP contribution in [0.2, 0.25) is 0 Å². The average molecular weight is 341 g/mol. The zero-order chi connectivity index (χ0) is 17.8. The molecule has 10 nitrogen and oxygen atoms in total. The second-order valence-electron chi connectivity index (χ2n) is 5.51. The molecule has 3 aromatic heterocycles. The predicted octanol–water partition coefficient (Wildman–Crippen LogP) is 0.250. The van der Waals surface area contributed by atoms with E-state index in [1.807, 2.05) is 24.5 Å². The Kier molecular flexibility index (Phi) is 4.68. The van der Waals surface area contributed by atoms with Crippen LogP contribution in [0.3, 0.4) is 0 Å². The Morgan fingerprint density at radius 3 is 2.72 bits per heavy atom. The number of carbonyl (C=O) groups is 1. The third-order valence-electron chi connectivity index (χ3n) is 3.70. The Bertz CT molecular complexity index is 883. The van der Waals surface area contributed by atoms with Gasteiger partial charge in [0.25, 0.3) is 5.91 Å². The standard InChI is InChI=1S/C15H19N9O/c1-10-11(2)24(9-20-10)14-6-13(18-8-19-14)16-4-5-17-15(25)12-7-23(3)22-21-12/h6-9H,4-5H2,1-3H3,(H,17,25)(H,16,18,19). The fourth-order valence-electron chi connectivity index (χ4n) is 2.21. The van der Waals surface area contributed by atoms with Crippen molar-refractivity contribution in [1.82, 2.24) is 39.8 Å². The molecular weight excluding hydrogens is 322 g/mol. The van der Waals surface area contributed by atoms with Gasteiger partial charge in [0.05, 0.1) is 11.9 Å². The Balaban J connectivity index is 1.54. The van der Waals surface area contributed by atoms with Crippen LogP contribution in [0.25, 0.3) is 5.82 Å². The van der Waals surface area contributed by atoms with Gasteiger partial charge in [-0.3, -0.25) is 14.0 Å². The first-order valence-corrected chi connectivity index (χ1v) is 7.76. The van der Waals surface area contributed by atoms with Crippen molar-refractivity contribution in [2.45, 2.75) is 13.8 Å². The number of aryl methyl sites for hydroxylation is 2. The number of nitrogens with one attached hydrogen (secondary N) is 2. The highest BCUT2D eigenvalue weighted by molar-refractivity contribution is 5.91.